The fourth-order valence-corrected chi connectivity index (χ4v) is 4.25. The summed E-state index contributed by atoms with van der Waals surface area (Å²) in [5, 5.41) is 3.44. The fraction of sp³-hybridized carbons (Fsp3) is 0.611. The summed E-state index contributed by atoms with van der Waals surface area (Å²) in [6, 6.07) is 6.36. The largest absolute Gasteiger partial charge is 0.371 e. The molecule has 1 amide bonds. The zero-order valence-electron chi connectivity index (χ0n) is 14.2. The smallest absolute Gasteiger partial charge is 0.255 e. The van der Waals surface area contributed by atoms with Crippen molar-refractivity contribution >= 4 is 36.4 Å². The van der Waals surface area contributed by atoms with E-state index in [2.05, 4.69) is 40.2 Å². The van der Waals surface area contributed by atoms with Crippen LogP contribution in [0.3, 0.4) is 0 Å². The number of aryl methyl sites for hydroxylation is 1. The summed E-state index contributed by atoms with van der Waals surface area (Å²) in [4.78, 5) is 17.6. The van der Waals surface area contributed by atoms with E-state index in [1.54, 1.807) is 0 Å². The number of nitrogens with zero attached hydrogens (tertiary/aromatic N) is 2. The highest BCUT2D eigenvalue weighted by Crippen LogP contribution is 2.31. The van der Waals surface area contributed by atoms with Crippen molar-refractivity contribution in [2.75, 3.05) is 44.2 Å². The number of halogens is 2. The first-order valence-electron chi connectivity index (χ1n) is 8.58. The first-order chi connectivity index (χ1) is 10.7. The number of nitrogens with one attached hydrogen (secondary N) is 1. The number of carbonyl (C=O) groups excluding carboxylic acids is 1. The van der Waals surface area contributed by atoms with E-state index < -0.39 is 0 Å². The van der Waals surface area contributed by atoms with E-state index in [4.69, 9.17) is 0 Å². The van der Waals surface area contributed by atoms with Crippen molar-refractivity contribution in [1.29, 1.82) is 0 Å². The van der Waals surface area contributed by atoms with Gasteiger partial charge in [-0.2, -0.15) is 0 Å². The molecule has 1 aromatic carbocycles. The van der Waals surface area contributed by atoms with Gasteiger partial charge in [-0.25, -0.2) is 0 Å². The van der Waals surface area contributed by atoms with Crippen LogP contribution in [0.25, 0.3) is 0 Å². The third kappa shape index (κ3) is 3.51. The lowest BCUT2D eigenvalue weighted by atomic mass is 10.0. The summed E-state index contributed by atoms with van der Waals surface area (Å²) in [6.45, 7) is 8.22. The number of carbonyl (C=O) groups is 1. The van der Waals surface area contributed by atoms with Crippen molar-refractivity contribution in [2.45, 2.75) is 19.8 Å². The molecule has 0 bridgehead atoms. The number of benzene rings is 1. The Hall–Kier alpha value is -0.970. The maximum atomic E-state index is 13.1. The van der Waals surface area contributed by atoms with Gasteiger partial charge in [0.2, 0.25) is 0 Å². The van der Waals surface area contributed by atoms with Crippen LogP contribution in [-0.2, 0) is 0 Å². The van der Waals surface area contributed by atoms with E-state index in [1.165, 1.54) is 18.4 Å². The van der Waals surface area contributed by atoms with Crippen LogP contribution in [0.15, 0.2) is 18.2 Å². The Balaban J connectivity index is 0.00000104. The number of likely N-dealkylation sites (tertiary alicyclic amines) is 1. The molecule has 3 aliphatic rings. The molecule has 0 radical (unpaired) electrons. The van der Waals surface area contributed by atoms with Gasteiger partial charge >= 0.3 is 0 Å². The molecule has 0 aromatic heterocycles. The molecule has 3 saturated heterocycles. The van der Waals surface area contributed by atoms with E-state index in [1.807, 2.05) is 0 Å². The highest BCUT2D eigenvalue weighted by molar-refractivity contribution is 6.00. The fourth-order valence-electron chi connectivity index (χ4n) is 4.25. The van der Waals surface area contributed by atoms with Crippen molar-refractivity contribution in [3.8, 4) is 0 Å². The van der Waals surface area contributed by atoms with Crippen molar-refractivity contribution in [3.63, 3.8) is 0 Å². The van der Waals surface area contributed by atoms with E-state index in [-0.39, 0.29) is 30.7 Å². The second-order valence-electron chi connectivity index (χ2n) is 7.10. The van der Waals surface area contributed by atoms with Crippen LogP contribution < -0.4 is 10.2 Å². The molecule has 0 unspecified atom stereocenters. The quantitative estimate of drug-likeness (QED) is 0.867. The lowest BCUT2D eigenvalue weighted by Gasteiger charge is -2.24. The molecule has 134 valence electrons. The molecule has 4 rings (SSSR count). The topological polar surface area (TPSA) is 35.6 Å². The third-order valence-corrected chi connectivity index (χ3v) is 5.51. The minimum atomic E-state index is 0. The van der Waals surface area contributed by atoms with E-state index in [0.29, 0.717) is 11.8 Å². The Morgan fingerprint density at radius 1 is 1.08 bits per heavy atom. The summed E-state index contributed by atoms with van der Waals surface area (Å²) in [7, 11) is 0. The molecule has 1 aromatic rings. The predicted molar refractivity (Wildman–Crippen MR) is 103 cm³/mol. The molecule has 0 saturated carbocycles. The monoisotopic (exact) mass is 371 g/mol. The van der Waals surface area contributed by atoms with Gasteiger partial charge in [-0.3, -0.25) is 4.79 Å². The summed E-state index contributed by atoms with van der Waals surface area (Å²) < 4.78 is 0. The minimum Gasteiger partial charge on any atom is -0.371 e. The molecular weight excluding hydrogens is 345 g/mol. The Morgan fingerprint density at radius 2 is 1.71 bits per heavy atom. The minimum absolute atomic E-state index is 0. The van der Waals surface area contributed by atoms with E-state index >= 15 is 0 Å². The second kappa shape index (κ2) is 7.94. The van der Waals surface area contributed by atoms with Gasteiger partial charge in [0.25, 0.3) is 5.91 Å². The highest BCUT2D eigenvalue weighted by atomic mass is 35.5. The molecule has 24 heavy (non-hydrogen) atoms. The summed E-state index contributed by atoms with van der Waals surface area (Å²) in [5.74, 6) is 1.55. The van der Waals surface area contributed by atoms with Crippen molar-refractivity contribution in [2.24, 2.45) is 11.8 Å². The SMILES string of the molecule is Cc1ccc(N2CCCC2)c(C(=O)N2C[C@H]3CNC[C@H]3C2)c1.Cl.Cl. The Labute approximate surface area is 156 Å². The van der Waals surface area contributed by atoms with Crippen molar-refractivity contribution < 1.29 is 4.79 Å². The zero-order chi connectivity index (χ0) is 15.1. The van der Waals surface area contributed by atoms with Gasteiger partial charge < -0.3 is 15.1 Å². The van der Waals surface area contributed by atoms with E-state index in [9.17, 15) is 4.79 Å². The second-order valence-corrected chi connectivity index (χ2v) is 7.10. The lowest BCUT2D eigenvalue weighted by molar-refractivity contribution is 0.0782. The number of fused-ring (bicyclic) bond motifs is 1. The first kappa shape index (κ1) is 19.4. The van der Waals surface area contributed by atoms with Crippen LogP contribution in [0.4, 0.5) is 5.69 Å². The van der Waals surface area contributed by atoms with Crippen molar-refractivity contribution in [1.82, 2.24) is 10.2 Å². The Bertz CT molecular complexity index is 578. The van der Waals surface area contributed by atoms with Gasteiger partial charge in [0.1, 0.15) is 0 Å². The Kier molecular flexibility index (Phi) is 6.40. The number of hydrogen-bond acceptors (Lipinski definition) is 3. The number of anilines is 1. The molecule has 0 aliphatic carbocycles. The van der Waals surface area contributed by atoms with Gasteiger partial charge in [-0.15, -0.1) is 24.8 Å². The molecule has 1 N–H and O–H groups in total. The van der Waals surface area contributed by atoms with Crippen LogP contribution in [0.5, 0.6) is 0 Å². The highest BCUT2D eigenvalue weighted by Gasteiger charge is 2.38. The van der Waals surface area contributed by atoms with Gasteiger partial charge in [0.05, 0.1) is 5.56 Å². The normalized spacial score (nSPS) is 25.2. The average Bonchev–Trinajstić information content (AvgIpc) is 3.22. The van der Waals surface area contributed by atoms with Gasteiger partial charge in [-0.1, -0.05) is 11.6 Å². The molecular formula is C18H27Cl2N3O. The number of rotatable bonds is 2. The lowest BCUT2D eigenvalue weighted by Crippen LogP contribution is -2.33. The summed E-state index contributed by atoms with van der Waals surface area (Å²) >= 11 is 0. The maximum Gasteiger partial charge on any atom is 0.255 e. The molecule has 3 fully saturated rings. The predicted octanol–water partition coefficient (Wildman–Crippen LogP) is 2.73. The maximum absolute atomic E-state index is 13.1. The molecule has 2 atom stereocenters. The Morgan fingerprint density at radius 3 is 2.33 bits per heavy atom. The van der Waals surface area contributed by atoms with E-state index in [0.717, 1.165) is 50.5 Å². The number of amides is 1. The third-order valence-electron chi connectivity index (χ3n) is 5.51. The molecule has 4 nitrogen and oxygen atoms in total. The van der Waals surface area contributed by atoms with Crippen LogP contribution >= 0.6 is 24.8 Å². The molecule has 0 spiro atoms. The van der Waals surface area contributed by atoms with Crippen LogP contribution in [0.2, 0.25) is 0 Å². The molecule has 3 aliphatic heterocycles. The molecule has 3 heterocycles. The standard InChI is InChI=1S/C18H25N3O.2ClH/c1-13-4-5-17(20-6-2-3-7-20)16(8-13)18(22)21-11-14-9-19-10-15(14)12-21;;/h4-5,8,14-15,19H,2-3,6-7,9-12H2,1H3;2*1H/t14-,15+;;. The van der Waals surface area contributed by atoms with Crippen LogP contribution in [0.1, 0.15) is 28.8 Å². The van der Waals surface area contributed by atoms with Crippen LogP contribution in [0, 0.1) is 18.8 Å². The number of hydrogen-bond donors (Lipinski definition) is 1. The summed E-state index contributed by atoms with van der Waals surface area (Å²) in [5.41, 5.74) is 3.23. The molecule has 6 heteroatoms. The van der Waals surface area contributed by atoms with Gasteiger partial charge in [0.15, 0.2) is 0 Å². The first-order valence-corrected chi connectivity index (χ1v) is 8.58. The van der Waals surface area contributed by atoms with Gasteiger partial charge in [0, 0.05) is 45.0 Å². The van der Waals surface area contributed by atoms with Crippen molar-refractivity contribution in [3.05, 3.63) is 29.3 Å². The van der Waals surface area contributed by atoms with Gasteiger partial charge in [-0.05, 0) is 43.7 Å². The van der Waals surface area contributed by atoms with Crippen LogP contribution in [-0.4, -0.2) is 50.1 Å². The summed E-state index contributed by atoms with van der Waals surface area (Å²) in [6.07, 6.45) is 2.47. The average molecular weight is 372 g/mol. The zero-order valence-corrected chi connectivity index (χ0v) is 15.8.